The van der Waals surface area contributed by atoms with Crippen molar-refractivity contribution in [1.29, 1.82) is 0 Å². The lowest BCUT2D eigenvalue weighted by molar-refractivity contribution is 0.0981. The second-order valence-corrected chi connectivity index (χ2v) is 7.49. The molecule has 2 aliphatic rings. The van der Waals surface area contributed by atoms with Gasteiger partial charge in [-0.25, -0.2) is 8.42 Å². The van der Waals surface area contributed by atoms with Gasteiger partial charge in [0, 0.05) is 5.56 Å². The largest absolute Gasteiger partial charge is 0.372 e. The standard InChI is InChI=1S/C14H16O4S/c15-14(13-3-1-2-6-19(13,16)17)10-4-5-11-8-18-9-12(11)7-10/h4-5,7,13H,1-3,6,8-9H2. The molecular weight excluding hydrogens is 264 g/mol. The maximum absolute atomic E-state index is 12.4. The molecule has 3 rings (SSSR count). The van der Waals surface area contributed by atoms with Crippen molar-refractivity contribution >= 4 is 15.6 Å². The number of ketones is 1. The molecule has 4 nitrogen and oxygen atoms in total. The molecule has 1 unspecified atom stereocenters. The van der Waals surface area contributed by atoms with Gasteiger partial charge >= 0.3 is 0 Å². The van der Waals surface area contributed by atoms with E-state index in [-0.39, 0.29) is 11.5 Å². The summed E-state index contributed by atoms with van der Waals surface area (Å²) < 4.78 is 29.3. The second-order valence-electron chi connectivity index (χ2n) is 5.19. The molecular formula is C14H16O4S. The van der Waals surface area contributed by atoms with Gasteiger partial charge in [0.2, 0.25) is 0 Å². The number of carbonyl (C=O) groups excluding carboxylic acids is 1. The van der Waals surface area contributed by atoms with Gasteiger partial charge in [-0.3, -0.25) is 4.79 Å². The molecule has 2 heterocycles. The van der Waals surface area contributed by atoms with Gasteiger partial charge in [0.15, 0.2) is 15.6 Å². The zero-order valence-corrected chi connectivity index (χ0v) is 11.4. The number of benzene rings is 1. The van der Waals surface area contributed by atoms with Gasteiger partial charge in [0.1, 0.15) is 5.25 Å². The molecule has 0 aliphatic carbocycles. The van der Waals surface area contributed by atoms with Gasteiger partial charge < -0.3 is 4.74 Å². The third kappa shape index (κ3) is 2.32. The lowest BCUT2D eigenvalue weighted by Crippen LogP contribution is -2.35. The molecule has 1 fully saturated rings. The molecule has 19 heavy (non-hydrogen) atoms. The van der Waals surface area contributed by atoms with Gasteiger partial charge in [0.25, 0.3) is 0 Å². The van der Waals surface area contributed by atoms with Crippen molar-refractivity contribution in [3.8, 4) is 0 Å². The van der Waals surface area contributed by atoms with E-state index in [9.17, 15) is 13.2 Å². The van der Waals surface area contributed by atoms with Crippen LogP contribution < -0.4 is 0 Å². The quantitative estimate of drug-likeness (QED) is 0.776. The molecule has 1 saturated heterocycles. The highest BCUT2D eigenvalue weighted by atomic mass is 32.2. The van der Waals surface area contributed by atoms with Gasteiger partial charge in [-0.05, 0) is 30.0 Å². The molecule has 0 N–H and O–H groups in total. The fraction of sp³-hybridized carbons (Fsp3) is 0.500. The molecule has 1 aromatic rings. The smallest absolute Gasteiger partial charge is 0.180 e. The van der Waals surface area contributed by atoms with Crippen molar-refractivity contribution < 1.29 is 17.9 Å². The number of sulfone groups is 1. The predicted octanol–water partition coefficient (Wildman–Crippen LogP) is 1.87. The van der Waals surface area contributed by atoms with Crippen LogP contribution in [-0.4, -0.2) is 25.2 Å². The van der Waals surface area contributed by atoms with E-state index >= 15 is 0 Å². The number of ether oxygens (including phenoxy) is 1. The summed E-state index contributed by atoms with van der Waals surface area (Å²) in [4.78, 5) is 12.4. The first-order valence-electron chi connectivity index (χ1n) is 6.53. The Morgan fingerprint density at radius 2 is 1.95 bits per heavy atom. The summed E-state index contributed by atoms with van der Waals surface area (Å²) in [5, 5.41) is -0.846. The highest BCUT2D eigenvalue weighted by Crippen LogP contribution is 2.26. The Balaban J connectivity index is 1.91. The third-order valence-corrected chi connectivity index (χ3v) is 6.05. The summed E-state index contributed by atoms with van der Waals surface area (Å²) in [6.45, 7) is 1.08. The van der Waals surface area contributed by atoms with Crippen LogP contribution in [-0.2, 0) is 27.8 Å². The second kappa shape index (κ2) is 4.72. The van der Waals surface area contributed by atoms with E-state index in [1.165, 1.54) is 0 Å². The maximum Gasteiger partial charge on any atom is 0.180 e. The molecule has 102 valence electrons. The lowest BCUT2D eigenvalue weighted by atomic mass is 10.00. The molecule has 5 heteroatoms. The molecule has 0 radical (unpaired) electrons. The number of Topliss-reactive ketones (excluding diaryl/α,β-unsaturated/α-hetero) is 1. The molecule has 0 saturated carbocycles. The summed E-state index contributed by atoms with van der Waals surface area (Å²) >= 11 is 0. The van der Waals surface area contributed by atoms with Crippen molar-refractivity contribution in [2.75, 3.05) is 5.75 Å². The molecule has 0 amide bonds. The van der Waals surface area contributed by atoms with E-state index in [1.807, 2.05) is 6.07 Å². The molecule has 2 aliphatic heterocycles. The molecule has 0 spiro atoms. The van der Waals surface area contributed by atoms with Crippen LogP contribution in [0, 0.1) is 0 Å². The Bertz CT molecular complexity index is 618. The van der Waals surface area contributed by atoms with Gasteiger partial charge in [0.05, 0.1) is 19.0 Å². The van der Waals surface area contributed by atoms with Crippen molar-refractivity contribution in [1.82, 2.24) is 0 Å². The monoisotopic (exact) mass is 280 g/mol. The van der Waals surface area contributed by atoms with Crippen LogP contribution in [0.2, 0.25) is 0 Å². The van der Waals surface area contributed by atoms with Gasteiger partial charge in [-0.2, -0.15) is 0 Å². The van der Waals surface area contributed by atoms with E-state index in [0.717, 1.165) is 17.5 Å². The predicted molar refractivity (Wildman–Crippen MR) is 70.7 cm³/mol. The number of hydrogen-bond donors (Lipinski definition) is 0. The molecule has 0 bridgehead atoms. The fourth-order valence-corrected chi connectivity index (χ4v) is 4.64. The van der Waals surface area contributed by atoms with Crippen LogP contribution in [0.25, 0.3) is 0 Å². The Labute approximate surface area is 112 Å². The van der Waals surface area contributed by atoms with Crippen LogP contribution in [0.4, 0.5) is 0 Å². The highest BCUT2D eigenvalue weighted by Gasteiger charge is 2.35. The van der Waals surface area contributed by atoms with Crippen molar-refractivity contribution in [3.05, 3.63) is 34.9 Å². The molecule has 1 aromatic carbocycles. The minimum absolute atomic E-state index is 0.136. The summed E-state index contributed by atoms with van der Waals surface area (Å²) in [6.07, 6.45) is 1.93. The van der Waals surface area contributed by atoms with Gasteiger partial charge in [-0.1, -0.05) is 18.6 Å². The normalized spacial score (nSPS) is 24.9. The average Bonchev–Trinajstić information content (AvgIpc) is 2.84. The number of carbonyl (C=O) groups is 1. The van der Waals surface area contributed by atoms with E-state index in [0.29, 0.717) is 31.6 Å². The summed E-state index contributed by atoms with van der Waals surface area (Å²) in [5.41, 5.74) is 2.59. The topological polar surface area (TPSA) is 60.4 Å². The summed E-state index contributed by atoms with van der Waals surface area (Å²) in [7, 11) is -3.27. The minimum atomic E-state index is -3.27. The number of hydrogen-bond acceptors (Lipinski definition) is 4. The average molecular weight is 280 g/mol. The van der Waals surface area contributed by atoms with Crippen LogP contribution in [0.5, 0.6) is 0 Å². The van der Waals surface area contributed by atoms with Crippen molar-refractivity contribution in [2.45, 2.75) is 37.7 Å². The first-order valence-corrected chi connectivity index (χ1v) is 8.25. The zero-order valence-electron chi connectivity index (χ0n) is 10.6. The highest BCUT2D eigenvalue weighted by molar-refractivity contribution is 7.92. The third-order valence-electron chi connectivity index (χ3n) is 3.88. The number of fused-ring (bicyclic) bond motifs is 1. The Kier molecular flexibility index (Phi) is 3.19. The van der Waals surface area contributed by atoms with Crippen LogP contribution in [0.15, 0.2) is 18.2 Å². The summed E-state index contributed by atoms with van der Waals surface area (Å²) in [6, 6.07) is 5.37. The Morgan fingerprint density at radius 3 is 2.74 bits per heavy atom. The van der Waals surface area contributed by atoms with Crippen molar-refractivity contribution in [3.63, 3.8) is 0 Å². The SMILES string of the molecule is O=C(c1ccc2c(c1)COC2)C1CCCCS1(=O)=O. The Morgan fingerprint density at radius 1 is 1.16 bits per heavy atom. The van der Waals surface area contributed by atoms with Crippen molar-refractivity contribution in [2.24, 2.45) is 0 Å². The number of rotatable bonds is 2. The van der Waals surface area contributed by atoms with E-state index in [4.69, 9.17) is 4.74 Å². The summed E-state index contributed by atoms with van der Waals surface area (Å²) in [5.74, 6) is -0.119. The van der Waals surface area contributed by atoms with E-state index < -0.39 is 15.1 Å². The van der Waals surface area contributed by atoms with Gasteiger partial charge in [-0.15, -0.1) is 0 Å². The Hall–Kier alpha value is -1.20. The van der Waals surface area contributed by atoms with E-state index in [1.54, 1.807) is 12.1 Å². The van der Waals surface area contributed by atoms with Crippen LogP contribution in [0.1, 0.15) is 40.7 Å². The fourth-order valence-electron chi connectivity index (χ4n) is 2.76. The van der Waals surface area contributed by atoms with Crippen LogP contribution in [0.3, 0.4) is 0 Å². The maximum atomic E-state index is 12.4. The first kappa shape index (κ1) is 12.8. The zero-order chi connectivity index (χ0) is 13.5. The van der Waals surface area contributed by atoms with E-state index in [2.05, 4.69) is 0 Å². The molecule has 1 atom stereocenters. The van der Waals surface area contributed by atoms with Crippen LogP contribution >= 0.6 is 0 Å². The first-order chi connectivity index (χ1) is 9.08. The minimum Gasteiger partial charge on any atom is -0.372 e. The lowest BCUT2D eigenvalue weighted by Gasteiger charge is -2.21. The molecule has 0 aromatic heterocycles.